The summed E-state index contributed by atoms with van der Waals surface area (Å²) in [4.78, 5) is 14.4. The van der Waals surface area contributed by atoms with Crippen LogP contribution < -0.4 is 5.32 Å². The third-order valence-electron chi connectivity index (χ3n) is 4.63. The summed E-state index contributed by atoms with van der Waals surface area (Å²) < 4.78 is 5.75. The number of nitrogens with zero attached hydrogens (tertiary/aromatic N) is 2. The van der Waals surface area contributed by atoms with Gasteiger partial charge in [-0.15, -0.1) is 21.5 Å². The lowest BCUT2D eigenvalue weighted by Crippen LogP contribution is -2.26. The maximum atomic E-state index is 11.9. The van der Waals surface area contributed by atoms with E-state index in [4.69, 9.17) is 4.42 Å². The molecule has 1 amide bonds. The minimum Gasteiger partial charge on any atom is -0.410 e. The van der Waals surface area contributed by atoms with Crippen molar-refractivity contribution in [3.05, 3.63) is 16.5 Å². The van der Waals surface area contributed by atoms with Crippen LogP contribution in [0, 0.1) is 5.92 Å². The fraction of sp³-hybridized carbons (Fsp3) is 0.632. The Kier molecular flexibility index (Phi) is 7.14. The number of amides is 1. The molecule has 0 bridgehead atoms. The molecule has 0 saturated carbocycles. The van der Waals surface area contributed by atoms with Gasteiger partial charge in [-0.25, -0.2) is 0 Å². The Hall–Kier alpha value is -1.34. The molecule has 1 atom stereocenters. The van der Waals surface area contributed by atoms with Crippen molar-refractivity contribution in [1.82, 2.24) is 15.5 Å². The molecule has 26 heavy (non-hydrogen) atoms. The molecular weight excluding hydrogens is 366 g/mol. The van der Waals surface area contributed by atoms with Gasteiger partial charge in [0.15, 0.2) is 0 Å². The summed E-state index contributed by atoms with van der Waals surface area (Å²) in [6.07, 6.45) is 8.17. The van der Waals surface area contributed by atoms with Gasteiger partial charge in [0.1, 0.15) is 0 Å². The zero-order valence-corrected chi connectivity index (χ0v) is 17.2. The average Bonchev–Trinajstić information content (AvgIpc) is 3.26. The van der Waals surface area contributed by atoms with Crippen LogP contribution in [0.1, 0.15) is 56.4 Å². The van der Waals surface area contributed by atoms with Gasteiger partial charge in [0, 0.05) is 11.4 Å². The lowest BCUT2D eigenvalue weighted by Gasteiger charge is -2.16. The highest BCUT2D eigenvalue weighted by atomic mass is 32.2. The molecule has 7 heteroatoms. The van der Waals surface area contributed by atoms with Crippen molar-refractivity contribution < 1.29 is 9.21 Å². The molecule has 142 valence electrons. The van der Waals surface area contributed by atoms with Gasteiger partial charge in [-0.2, -0.15) is 0 Å². The van der Waals surface area contributed by atoms with Gasteiger partial charge in [-0.1, -0.05) is 44.9 Å². The smallest absolute Gasteiger partial charge is 0.277 e. The number of rotatable bonds is 9. The van der Waals surface area contributed by atoms with Crippen molar-refractivity contribution in [2.45, 2.75) is 64.0 Å². The molecule has 2 heterocycles. The number of nitrogens with one attached hydrogen (secondary N) is 1. The lowest BCUT2D eigenvalue weighted by atomic mass is 9.90. The van der Waals surface area contributed by atoms with Gasteiger partial charge in [0.25, 0.3) is 11.1 Å². The second kappa shape index (κ2) is 9.55. The molecule has 0 fully saturated rings. The Morgan fingerprint density at radius 2 is 2.27 bits per heavy atom. The van der Waals surface area contributed by atoms with Crippen LogP contribution in [-0.4, -0.2) is 28.4 Å². The van der Waals surface area contributed by atoms with Crippen LogP contribution in [0.2, 0.25) is 0 Å². The highest BCUT2D eigenvalue weighted by Gasteiger charge is 2.21. The van der Waals surface area contributed by atoms with Crippen LogP contribution in [0.25, 0.3) is 10.8 Å². The first-order chi connectivity index (χ1) is 12.7. The maximum Gasteiger partial charge on any atom is 0.277 e. The van der Waals surface area contributed by atoms with Crippen LogP contribution in [0.3, 0.4) is 0 Å². The summed E-state index contributed by atoms with van der Waals surface area (Å²) in [6.45, 7) is 5.23. The molecule has 1 aliphatic carbocycles. The molecule has 1 aliphatic rings. The number of hydrogen-bond acceptors (Lipinski definition) is 6. The highest BCUT2D eigenvalue weighted by molar-refractivity contribution is 7.99. The Labute approximate surface area is 163 Å². The Morgan fingerprint density at radius 3 is 3.12 bits per heavy atom. The number of fused-ring (bicyclic) bond motifs is 1. The SMILES string of the molecule is CCCCCCNC(=O)CSc1nnc(-c2cc3c(s2)CC[C@@H](C)C3)o1. The second-order valence-corrected chi connectivity index (χ2v) is 9.04. The van der Waals surface area contributed by atoms with Crippen LogP contribution in [0.5, 0.6) is 0 Å². The molecule has 2 aromatic heterocycles. The summed E-state index contributed by atoms with van der Waals surface area (Å²) in [7, 11) is 0. The minimum atomic E-state index is 0.0202. The number of carbonyl (C=O) groups is 1. The van der Waals surface area contributed by atoms with Crippen molar-refractivity contribution in [3.8, 4) is 10.8 Å². The van der Waals surface area contributed by atoms with E-state index in [2.05, 4.69) is 35.4 Å². The topological polar surface area (TPSA) is 68.0 Å². The van der Waals surface area contributed by atoms with E-state index in [1.165, 1.54) is 47.9 Å². The lowest BCUT2D eigenvalue weighted by molar-refractivity contribution is -0.118. The first-order valence-corrected chi connectivity index (χ1v) is 11.3. The van der Waals surface area contributed by atoms with Crippen LogP contribution in [0.15, 0.2) is 15.7 Å². The molecule has 0 saturated heterocycles. The largest absolute Gasteiger partial charge is 0.410 e. The van der Waals surface area contributed by atoms with E-state index in [9.17, 15) is 4.79 Å². The zero-order valence-electron chi connectivity index (χ0n) is 15.5. The first-order valence-electron chi connectivity index (χ1n) is 9.50. The third-order valence-corrected chi connectivity index (χ3v) is 6.67. The molecule has 2 aromatic rings. The average molecular weight is 394 g/mol. The number of thiophene rings is 1. The monoisotopic (exact) mass is 393 g/mol. The molecule has 0 aliphatic heterocycles. The summed E-state index contributed by atoms with van der Waals surface area (Å²) in [5.41, 5.74) is 1.43. The van der Waals surface area contributed by atoms with Crippen LogP contribution in [-0.2, 0) is 17.6 Å². The molecule has 3 rings (SSSR count). The summed E-state index contributed by atoms with van der Waals surface area (Å²) in [5, 5.41) is 11.6. The fourth-order valence-electron chi connectivity index (χ4n) is 3.14. The Balaban J connectivity index is 1.47. The van der Waals surface area contributed by atoms with E-state index in [-0.39, 0.29) is 5.91 Å². The fourth-order valence-corrected chi connectivity index (χ4v) is 4.86. The van der Waals surface area contributed by atoms with Crippen molar-refractivity contribution in [2.75, 3.05) is 12.3 Å². The maximum absolute atomic E-state index is 11.9. The molecule has 0 aromatic carbocycles. The molecule has 1 N–H and O–H groups in total. The number of thioether (sulfide) groups is 1. The number of aromatic nitrogens is 2. The van der Waals surface area contributed by atoms with Crippen LogP contribution >= 0.6 is 23.1 Å². The van der Waals surface area contributed by atoms with E-state index in [0.717, 1.165) is 36.6 Å². The normalized spacial score (nSPS) is 16.5. The van der Waals surface area contributed by atoms with Crippen molar-refractivity contribution >= 4 is 29.0 Å². The van der Waals surface area contributed by atoms with E-state index in [0.29, 0.717) is 16.9 Å². The third kappa shape index (κ3) is 5.33. The summed E-state index contributed by atoms with van der Waals surface area (Å²) in [5.74, 6) is 1.65. The molecule has 5 nitrogen and oxygen atoms in total. The van der Waals surface area contributed by atoms with Crippen molar-refractivity contribution in [1.29, 1.82) is 0 Å². The van der Waals surface area contributed by atoms with Gasteiger partial charge < -0.3 is 9.73 Å². The predicted octanol–water partition coefficient (Wildman–Crippen LogP) is 4.71. The van der Waals surface area contributed by atoms with Gasteiger partial charge in [-0.05, 0) is 43.2 Å². The quantitative estimate of drug-likeness (QED) is 0.493. The molecule has 0 radical (unpaired) electrons. The summed E-state index contributed by atoms with van der Waals surface area (Å²) in [6, 6.07) is 2.20. The molecular formula is C19H27N3O2S2. The van der Waals surface area contributed by atoms with Gasteiger partial charge in [-0.3, -0.25) is 4.79 Å². The number of carbonyl (C=O) groups excluding carboxylic acids is 1. The number of aryl methyl sites for hydroxylation is 1. The van der Waals surface area contributed by atoms with E-state index < -0.39 is 0 Å². The van der Waals surface area contributed by atoms with Crippen LogP contribution in [0.4, 0.5) is 0 Å². The summed E-state index contributed by atoms with van der Waals surface area (Å²) >= 11 is 3.06. The van der Waals surface area contributed by atoms with E-state index >= 15 is 0 Å². The number of unbranched alkanes of at least 4 members (excludes halogenated alkanes) is 3. The van der Waals surface area contributed by atoms with E-state index in [1.807, 2.05) is 0 Å². The van der Waals surface area contributed by atoms with E-state index in [1.54, 1.807) is 11.3 Å². The Morgan fingerprint density at radius 1 is 1.38 bits per heavy atom. The van der Waals surface area contributed by atoms with Gasteiger partial charge in [0.2, 0.25) is 5.91 Å². The zero-order chi connectivity index (χ0) is 18.4. The predicted molar refractivity (Wildman–Crippen MR) is 107 cm³/mol. The minimum absolute atomic E-state index is 0.0202. The molecule has 0 unspecified atom stereocenters. The number of hydrogen-bond donors (Lipinski definition) is 1. The molecule has 0 spiro atoms. The first kappa shape index (κ1) is 19.4. The van der Waals surface area contributed by atoms with Crippen molar-refractivity contribution in [2.24, 2.45) is 5.92 Å². The van der Waals surface area contributed by atoms with Crippen molar-refractivity contribution in [3.63, 3.8) is 0 Å². The van der Waals surface area contributed by atoms with Gasteiger partial charge >= 0.3 is 0 Å². The highest BCUT2D eigenvalue weighted by Crippen LogP contribution is 2.37. The van der Waals surface area contributed by atoms with Gasteiger partial charge in [0.05, 0.1) is 10.6 Å². The Bertz CT molecular complexity index is 726. The second-order valence-electron chi connectivity index (χ2n) is 6.98. The standard InChI is InChI=1S/C19H27N3O2S2/c1-3-4-5-6-9-20-17(23)12-25-19-22-21-18(24-19)16-11-14-10-13(2)7-8-15(14)26-16/h11,13H,3-10,12H2,1-2H3,(H,20,23)/t13-/m1/s1.